The predicted octanol–water partition coefficient (Wildman–Crippen LogP) is 14.8. The van der Waals surface area contributed by atoms with Crippen LogP contribution >= 0.6 is 11.3 Å². The maximum atomic E-state index is 6.76. The fraction of sp³-hybridized carbons (Fsp3) is 0.125. The Kier molecular flexibility index (Phi) is 7.46. The minimum atomic E-state index is 0.647. The molecule has 0 amide bonds. The Balaban J connectivity index is 1.08. The van der Waals surface area contributed by atoms with Crippen molar-refractivity contribution in [3.8, 4) is 22.3 Å². The van der Waals surface area contributed by atoms with Gasteiger partial charge >= 0.3 is 0 Å². The third kappa shape index (κ3) is 5.40. The van der Waals surface area contributed by atoms with Crippen molar-refractivity contribution in [2.24, 2.45) is 0 Å². The number of anilines is 3. The van der Waals surface area contributed by atoms with Crippen LogP contribution in [0.15, 0.2) is 162 Å². The lowest BCUT2D eigenvalue weighted by atomic mass is 9.84. The zero-order chi connectivity index (χ0) is 33.7. The van der Waals surface area contributed by atoms with E-state index in [9.17, 15) is 0 Å². The molecule has 246 valence electrons. The summed E-state index contributed by atoms with van der Waals surface area (Å²) in [4.78, 5) is 2.35. The Bertz CT molecular complexity index is 2660. The number of para-hydroxylation sites is 1. The van der Waals surface area contributed by atoms with Crippen LogP contribution in [0.3, 0.4) is 0 Å². The first kappa shape index (κ1) is 30.2. The van der Waals surface area contributed by atoms with Crippen LogP contribution in [0, 0.1) is 0 Å². The molecule has 10 rings (SSSR count). The highest BCUT2D eigenvalue weighted by Crippen LogP contribution is 2.44. The summed E-state index contributed by atoms with van der Waals surface area (Å²) in [5.41, 5.74) is 11.4. The zero-order valence-corrected chi connectivity index (χ0v) is 29.2. The number of thiophene rings is 1. The Morgan fingerprint density at radius 2 is 1.12 bits per heavy atom. The number of rotatable bonds is 6. The molecule has 2 nitrogen and oxygen atoms in total. The second-order valence-corrected chi connectivity index (χ2v) is 15.0. The number of hydrogen-bond donors (Lipinski definition) is 0. The minimum Gasteiger partial charge on any atom is -0.454 e. The van der Waals surface area contributed by atoms with Crippen LogP contribution in [-0.2, 0) is 0 Å². The van der Waals surface area contributed by atoms with Gasteiger partial charge in [-0.1, -0.05) is 122 Å². The molecule has 0 radical (unpaired) electrons. The van der Waals surface area contributed by atoms with Crippen LogP contribution in [0.25, 0.3) is 64.4 Å². The summed E-state index contributed by atoms with van der Waals surface area (Å²) >= 11 is 1.87. The quantitative estimate of drug-likeness (QED) is 0.174. The summed E-state index contributed by atoms with van der Waals surface area (Å²) in [6, 6.07) is 57.6. The highest BCUT2D eigenvalue weighted by molar-refractivity contribution is 7.25. The summed E-state index contributed by atoms with van der Waals surface area (Å²) < 4.78 is 9.41. The van der Waals surface area contributed by atoms with Crippen LogP contribution in [0.5, 0.6) is 0 Å². The summed E-state index contributed by atoms with van der Waals surface area (Å²) in [6.07, 6.45) is 6.59. The molecule has 0 aliphatic heterocycles. The molecule has 3 heteroatoms. The van der Waals surface area contributed by atoms with Crippen molar-refractivity contribution >= 4 is 70.5 Å². The highest BCUT2D eigenvalue weighted by atomic mass is 32.1. The van der Waals surface area contributed by atoms with Crippen molar-refractivity contribution in [3.63, 3.8) is 0 Å². The second-order valence-electron chi connectivity index (χ2n) is 14.0. The number of benzene rings is 7. The van der Waals surface area contributed by atoms with Crippen molar-refractivity contribution in [3.05, 3.63) is 163 Å². The number of hydrogen-bond acceptors (Lipinski definition) is 3. The lowest BCUT2D eigenvalue weighted by molar-refractivity contribution is 0.444. The molecule has 1 aliphatic carbocycles. The molecular formula is C48H37NOS. The van der Waals surface area contributed by atoms with E-state index in [4.69, 9.17) is 4.42 Å². The lowest BCUT2D eigenvalue weighted by Crippen LogP contribution is -2.10. The minimum absolute atomic E-state index is 0.647. The standard InChI is InChI=1S/C48H37NOS/c1-3-10-32(11-4-1)34-18-24-38(25-19-34)49(39-26-20-35(21-27-39)37-22-28-41-40-14-7-8-17-46(40)51-47(41)31-37)44-16-9-15-42-43-30-36(33-12-5-2-6-13-33)23-29-45(43)50-48(42)44/h1,3-4,7-11,14-31,33H,2,5-6,12-13H2. The molecule has 51 heavy (non-hydrogen) atoms. The van der Waals surface area contributed by atoms with Crippen LogP contribution in [-0.4, -0.2) is 0 Å². The van der Waals surface area contributed by atoms with E-state index >= 15 is 0 Å². The van der Waals surface area contributed by atoms with E-state index in [0.717, 1.165) is 28.2 Å². The van der Waals surface area contributed by atoms with Gasteiger partial charge in [0.2, 0.25) is 0 Å². The van der Waals surface area contributed by atoms with Crippen LogP contribution in [0.4, 0.5) is 17.1 Å². The number of fused-ring (bicyclic) bond motifs is 6. The van der Waals surface area contributed by atoms with E-state index in [1.165, 1.54) is 90.9 Å². The summed E-state index contributed by atoms with van der Waals surface area (Å²) in [5, 5.41) is 5.03. The van der Waals surface area contributed by atoms with E-state index < -0.39 is 0 Å². The van der Waals surface area contributed by atoms with Crippen LogP contribution in [0.2, 0.25) is 0 Å². The molecule has 0 atom stereocenters. The van der Waals surface area contributed by atoms with E-state index in [-0.39, 0.29) is 0 Å². The molecule has 1 aliphatic rings. The number of nitrogens with zero attached hydrogens (tertiary/aromatic N) is 1. The molecule has 0 spiro atoms. The van der Waals surface area contributed by atoms with Gasteiger partial charge in [0.05, 0.1) is 5.69 Å². The van der Waals surface area contributed by atoms with E-state index in [2.05, 4.69) is 163 Å². The average Bonchev–Trinajstić information content (AvgIpc) is 3.77. The molecule has 0 bridgehead atoms. The first-order valence-corrected chi connectivity index (χ1v) is 19.0. The van der Waals surface area contributed by atoms with Gasteiger partial charge in [0.25, 0.3) is 0 Å². The van der Waals surface area contributed by atoms with Gasteiger partial charge in [-0.15, -0.1) is 11.3 Å². The van der Waals surface area contributed by atoms with E-state index in [1.54, 1.807) is 0 Å². The SMILES string of the molecule is c1ccc(-c2ccc(N(c3ccc(-c4ccc5c(c4)sc4ccccc45)cc3)c3cccc4c3oc3ccc(C5CCCCC5)cc34)cc2)cc1. The van der Waals surface area contributed by atoms with E-state index in [1.807, 2.05) is 11.3 Å². The van der Waals surface area contributed by atoms with Crippen molar-refractivity contribution in [1.82, 2.24) is 0 Å². The Hall–Kier alpha value is -5.64. The molecule has 9 aromatic rings. The lowest BCUT2D eigenvalue weighted by Gasteiger charge is -2.26. The molecule has 0 saturated heterocycles. The monoisotopic (exact) mass is 675 g/mol. The van der Waals surface area contributed by atoms with Crippen molar-refractivity contribution in [2.45, 2.75) is 38.0 Å². The first-order chi connectivity index (χ1) is 25.3. The van der Waals surface area contributed by atoms with Crippen LogP contribution < -0.4 is 4.90 Å². The maximum absolute atomic E-state index is 6.76. The Labute approximate surface area is 302 Å². The molecular weight excluding hydrogens is 639 g/mol. The van der Waals surface area contributed by atoms with Gasteiger partial charge in [-0.2, -0.15) is 0 Å². The normalized spacial score (nSPS) is 13.8. The van der Waals surface area contributed by atoms with Crippen molar-refractivity contribution in [2.75, 3.05) is 4.90 Å². The largest absolute Gasteiger partial charge is 0.454 e. The van der Waals surface area contributed by atoms with Gasteiger partial charge in [-0.05, 0) is 101 Å². The molecule has 2 aromatic heterocycles. The molecule has 0 N–H and O–H groups in total. The first-order valence-electron chi connectivity index (χ1n) is 18.2. The van der Waals surface area contributed by atoms with Gasteiger partial charge in [-0.25, -0.2) is 0 Å². The van der Waals surface area contributed by atoms with Crippen molar-refractivity contribution < 1.29 is 4.42 Å². The van der Waals surface area contributed by atoms with Gasteiger partial charge in [-0.3, -0.25) is 0 Å². The average molecular weight is 676 g/mol. The summed E-state index contributed by atoms with van der Waals surface area (Å²) in [5.74, 6) is 0.647. The zero-order valence-electron chi connectivity index (χ0n) is 28.4. The smallest absolute Gasteiger partial charge is 0.159 e. The maximum Gasteiger partial charge on any atom is 0.159 e. The Morgan fingerprint density at radius 3 is 1.90 bits per heavy atom. The van der Waals surface area contributed by atoms with Gasteiger partial charge < -0.3 is 9.32 Å². The second kappa shape index (κ2) is 12.6. The molecule has 1 fully saturated rings. The fourth-order valence-corrected chi connectivity index (χ4v) is 9.38. The molecule has 2 heterocycles. The summed E-state index contributed by atoms with van der Waals surface area (Å²) in [6.45, 7) is 0. The van der Waals surface area contributed by atoms with Gasteiger partial charge in [0.1, 0.15) is 5.58 Å². The topological polar surface area (TPSA) is 16.4 Å². The molecule has 7 aromatic carbocycles. The third-order valence-electron chi connectivity index (χ3n) is 10.9. The van der Waals surface area contributed by atoms with E-state index in [0.29, 0.717) is 5.92 Å². The van der Waals surface area contributed by atoms with Gasteiger partial charge in [0.15, 0.2) is 5.58 Å². The predicted molar refractivity (Wildman–Crippen MR) is 218 cm³/mol. The van der Waals surface area contributed by atoms with Crippen LogP contribution in [0.1, 0.15) is 43.6 Å². The Morgan fingerprint density at radius 1 is 0.471 bits per heavy atom. The summed E-state index contributed by atoms with van der Waals surface area (Å²) in [7, 11) is 0. The van der Waals surface area contributed by atoms with Gasteiger partial charge in [0, 0.05) is 42.3 Å². The van der Waals surface area contributed by atoms with Crippen molar-refractivity contribution in [1.29, 1.82) is 0 Å². The highest BCUT2D eigenvalue weighted by Gasteiger charge is 2.22. The fourth-order valence-electron chi connectivity index (χ4n) is 8.24. The number of furan rings is 1. The molecule has 0 unspecified atom stereocenters. The third-order valence-corrected chi connectivity index (χ3v) is 12.0. The molecule has 1 saturated carbocycles.